The van der Waals surface area contributed by atoms with Crippen LogP contribution in [0.4, 0.5) is 5.82 Å². The van der Waals surface area contributed by atoms with Crippen LogP contribution in [0.15, 0.2) is 16.7 Å². The lowest BCUT2D eigenvalue weighted by molar-refractivity contribution is 0.360. The maximum absolute atomic E-state index is 4.64. The number of anilines is 1. The molecule has 2 unspecified atom stereocenters. The highest BCUT2D eigenvalue weighted by Crippen LogP contribution is 2.40. The van der Waals surface area contributed by atoms with Crippen LogP contribution in [0.2, 0.25) is 0 Å². The molecule has 0 radical (unpaired) electrons. The molecule has 1 aliphatic heterocycles. The van der Waals surface area contributed by atoms with Crippen molar-refractivity contribution in [1.29, 1.82) is 0 Å². The predicted molar refractivity (Wildman–Crippen MR) is 74.4 cm³/mol. The predicted octanol–water partition coefficient (Wildman–Crippen LogP) is 3.92. The molecular formula is C14H19BrN2. The molecule has 2 aliphatic rings. The number of pyridine rings is 1. The summed E-state index contributed by atoms with van der Waals surface area (Å²) in [7, 11) is 0. The molecule has 17 heavy (non-hydrogen) atoms. The van der Waals surface area contributed by atoms with Crippen LogP contribution in [0.3, 0.4) is 0 Å². The zero-order valence-electron chi connectivity index (χ0n) is 10.3. The van der Waals surface area contributed by atoms with Crippen molar-refractivity contribution < 1.29 is 0 Å². The van der Waals surface area contributed by atoms with Crippen molar-refractivity contribution in [2.24, 2.45) is 5.92 Å². The van der Waals surface area contributed by atoms with Gasteiger partial charge in [0.1, 0.15) is 5.82 Å². The number of aromatic nitrogens is 1. The Morgan fingerprint density at radius 1 is 1.29 bits per heavy atom. The van der Waals surface area contributed by atoms with Gasteiger partial charge >= 0.3 is 0 Å². The first kappa shape index (κ1) is 11.5. The molecule has 3 rings (SSSR count). The lowest BCUT2D eigenvalue weighted by Gasteiger charge is -2.39. The van der Waals surface area contributed by atoms with Crippen molar-refractivity contribution in [1.82, 2.24) is 4.98 Å². The van der Waals surface area contributed by atoms with Crippen LogP contribution >= 0.6 is 15.9 Å². The molecule has 2 atom stereocenters. The van der Waals surface area contributed by atoms with E-state index in [1.807, 2.05) is 6.20 Å². The third-order valence-electron chi connectivity index (χ3n) is 4.22. The number of nitrogens with zero attached hydrogens (tertiary/aromatic N) is 2. The molecule has 0 aromatic carbocycles. The van der Waals surface area contributed by atoms with Crippen LogP contribution in [0.25, 0.3) is 0 Å². The average Bonchev–Trinajstić information content (AvgIpc) is 2.77. The standard InChI is InChI=1S/C14H19BrN2/c1-10-8-12(15)14(16-9-10)17-7-3-5-11-4-2-6-13(11)17/h8-9,11,13H,2-7H2,1H3. The summed E-state index contributed by atoms with van der Waals surface area (Å²) in [6, 6.07) is 2.93. The highest BCUT2D eigenvalue weighted by Gasteiger charge is 2.36. The first-order valence-corrected chi connectivity index (χ1v) is 7.44. The molecule has 3 heteroatoms. The monoisotopic (exact) mass is 294 g/mol. The van der Waals surface area contributed by atoms with Crippen molar-refractivity contribution in [3.8, 4) is 0 Å². The summed E-state index contributed by atoms with van der Waals surface area (Å²) in [5.41, 5.74) is 1.22. The van der Waals surface area contributed by atoms with E-state index in [0.717, 1.165) is 22.3 Å². The van der Waals surface area contributed by atoms with E-state index in [9.17, 15) is 0 Å². The summed E-state index contributed by atoms with van der Waals surface area (Å²) in [4.78, 5) is 7.19. The summed E-state index contributed by atoms with van der Waals surface area (Å²) >= 11 is 3.68. The Labute approximate surface area is 112 Å². The Morgan fingerprint density at radius 2 is 2.12 bits per heavy atom. The van der Waals surface area contributed by atoms with Crippen LogP contribution in [-0.2, 0) is 0 Å². The molecule has 0 N–H and O–H groups in total. The number of hydrogen-bond donors (Lipinski definition) is 0. The summed E-state index contributed by atoms with van der Waals surface area (Å²) in [6.45, 7) is 3.27. The molecule has 92 valence electrons. The summed E-state index contributed by atoms with van der Waals surface area (Å²) in [6.07, 6.45) is 8.90. The number of fused-ring (bicyclic) bond motifs is 1. The van der Waals surface area contributed by atoms with Crippen LogP contribution < -0.4 is 4.90 Å². The van der Waals surface area contributed by atoms with Crippen LogP contribution in [-0.4, -0.2) is 17.6 Å². The van der Waals surface area contributed by atoms with E-state index in [4.69, 9.17) is 0 Å². The second kappa shape index (κ2) is 4.60. The third kappa shape index (κ3) is 2.10. The summed E-state index contributed by atoms with van der Waals surface area (Å²) in [5.74, 6) is 2.07. The SMILES string of the molecule is Cc1cnc(N2CCCC3CCCC32)c(Br)c1. The maximum atomic E-state index is 4.64. The van der Waals surface area contributed by atoms with Crippen LogP contribution in [0.1, 0.15) is 37.7 Å². The van der Waals surface area contributed by atoms with Crippen LogP contribution in [0, 0.1) is 12.8 Å². The molecule has 0 bridgehead atoms. The second-order valence-electron chi connectivity index (χ2n) is 5.41. The van der Waals surface area contributed by atoms with Crippen molar-refractivity contribution in [2.45, 2.75) is 45.1 Å². The minimum atomic E-state index is 0.746. The lowest BCUT2D eigenvalue weighted by atomic mass is 9.92. The zero-order chi connectivity index (χ0) is 11.8. The largest absolute Gasteiger partial charge is 0.352 e. The van der Waals surface area contributed by atoms with E-state index in [-0.39, 0.29) is 0 Å². The van der Waals surface area contributed by atoms with E-state index >= 15 is 0 Å². The van der Waals surface area contributed by atoms with Gasteiger partial charge in [0.2, 0.25) is 0 Å². The molecule has 0 spiro atoms. The number of aryl methyl sites for hydroxylation is 1. The molecular weight excluding hydrogens is 276 g/mol. The molecule has 1 saturated heterocycles. The molecule has 0 amide bonds. The van der Waals surface area contributed by atoms with E-state index < -0.39 is 0 Å². The van der Waals surface area contributed by atoms with Gasteiger partial charge in [-0.2, -0.15) is 0 Å². The quantitative estimate of drug-likeness (QED) is 0.780. The second-order valence-corrected chi connectivity index (χ2v) is 6.27. The minimum absolute atomic E-state index is 0.746. The number of halogens is 1. The van der Waals surface area contributed by atoms with E-state index in [0.29, 0.717) is 0 Å². The zero-order valence-corrected chi connectivity index (χ0v) is 11.9. The molecule has 2 heterocycles. The fraction of sp³-hybridized carbons (Fsp3) is 0.643. The highest BCUT2D eigenvalue weighted by atomic mass is 79.9. The maximum Gasteiger partial charge on any atom is 0.143 e. The number of hydrogen-bond acceptors (Lipinski definition) is 2. The highest BCUT2D eigenvalue weighted by molar-refractivity contribution is 9.10. The Kier molecular flexibility index (Phi) is 3.12. The van der Waals surface area contributed by atoms with Crippen molar-refractivity contribution in [3.05, 3.63) is 22.3 Å². The van der Waals surface area contributed by atoms with Gasteiger partial charge in [-0.15, -0.1) is 0 Å². The normalized spacial score (nSPS) is 28.2. The smallest absolute Gasteiger partial charge is 0.143 e. The topological polar surface area (TPSA) is 16.1 Å². The molecule has 2 nitrogen and oxygen atoms in total. The first-order chi connectivity index (χ1) is 8.25. The van der Waals surface area contributed by atoms with Crippen molar-refractivity contribution in [2.75, 3.05) is 11.4 Å². The fourth-order valence-corrected chi connectivity index (χ4v) is 4.15. The van der Waals surface area contributed by atoms with E-state index in [1.165, 1.54) is 44.2 Å². The molecule has 1 aromatic rings. The fourth-order valence-electron chi connectivity index (χ4n) is 3.45. The van der Waals surface area contributed by atoms with Gasteiger partial charge in [-0.3, -0.25) is 0 Å². The van der Waals surface area contributed by atoms with Gasteiger partial charge in [0.15, 0.2) is 0 Å². The first-order valence-electron chi connectivity index (χ1n) is 6.64. The average molecular weight is 295 g/mol. The van der Waals surface area contributed by atoms with Gasteiger partial charge in [-0.25, -0.2) is 4.98 Å². The van der Waals surface area contributed by atoms with Gasteiger partial charge < -0.3 is 4.90 Å². The van der Waals surface area contributed by atoms with Gasteiger partial charge in [0, 0.05) is 18.8 Å². The van der Waals surface area contributed by atoms with Crippen molar-refractivity contribution in [3.63, 3.8) is 0 Å². The molecule has 1 aromatic heterocycles. The Bertz CT molecular complexity index is 419. The minimum Gasteiger partial charge on any atom is -0.352 e. The van der Waals surface area contributed by atoms with Gasteiger partial charge in [0.25, 0.3) is 0 Å². The van der Waals surface area contributed by atoms with Gasteiger partial charge in [-0.1, -0.05) is 6.42 Å². The number of rotatable bonds is 1. The Hall–Kier alpha value is -0.570. The Balaban J connectivity index is 1.91. The molecule has 1 saturated carbocycles. The molecule has 2 fully saturated rings. The summed E-state index contributed by atoms with van der Waals surface area (Å²) in [5, 5.41) is 0. The lowest BCUT2D eigenvalue weighted by Crippen LogP contribution is -2.43. The van der Waals surface area contributed by atoms with E-state index in [2.05, 4.69) is 38.8 Å². The summed E-state index contributed by atoms with van der Waals surface area (Å²) < 4.78 is 1.16. The van der Waals surface area contributed by atoms with Gasteiger partial charge in [0.05, 0.1) is 4.47 Å². The number of piperidine rings is 1. The van der Waals surface area contributed by atoms with Crippen molar-refractivity contribution >= 4 is 21.7 Å². The Morgan fingerprint density at radius 3 is 2.94 bits per heavy atom. The van der Waals surface area contributed by atoms with E-state index in [1.54, 1.807) is 0 Å². The third-order valence-corrected chi connectivity index (χ3v) is 4.81. The van der Waals surface area contributed by atoms with Crippen LogP contribution in [0.5, 0.6) is 0 Å². The van der Waals surface area contributed by atoms with Gasteiger partial charge in [-0.05, 0) is 66.1 Å². The molecule has 1 aliphatic carbocycles.